The fourth-order valence-electron chi connectivity index (χ4n) is 2.80. The van der Waals surface area contributed by atoms with Gasteiger partial charge in [-0.2, -0.15) is 0 Å². The van der Waals surface area contributed by atoms with Crippen LogP contribution in [0.4, 0.5) is 0 Å². The van der Waals surface area contributed by atoms with Crippen molar-refractivity contribution in [3.05, 3.63) is 107 Å². The summed E-state index contributed by atoms with van der Waals surface area (Å²) in [5.41, 5.74) is 5.43. The van der Waals surface area contributed by atoms with Crippen molar-refractivity contribution in [3.8, 4) is 5.75 Å². The molecule has 0 aromatic heterocycles. The van der Waals surface area contributed by atoms with Crippen LogP contribution in [0.5, 0.6) is 5.75 Å². The zero-order chi connectivity index (χ0) is 16.9. The Morgan fingerprint density at radius 3 is 2.29 bits per heavy atom. The van der Waals surface area contributed by atoms with Crippen LogP contribution in [-0.4, -0.2) is 7.11 Å². The highest BCUT2D eigenvalue weighted by Crippen LogP contribution is 2.32. The Morgan fingerprint density at radius 2 is 1.62 bits per heavy atom. The van der Waals surface area contributed by atoms with Crippen LogP contribution in [0.15, 0.2) is 79.4 Å². The fraction of sp³-hybridized carbons (Fsp3) is 0.0909. The molecule has 0 aliphatic carbocycles. The first-order chi connectivity index (χ1) is 11.7. The van der Waals surface area contributed by atoms with Gasteiger partial charge in [0.1, 0.15) is 5.75 Å². The molecule has 0 spiro atoms. The molecule has 0 saturated carbocycles. The maximum absolute atomic E-state index is 6.51. The Labute approximate surface area is 148 Å². The lowest BCUT2D eigenvalue weighted by atomic mass is 9.92. The van der Waals surface area contributed by atoms with Crippen molar-refractivity contribution in [1.82, 2.24) is 0 Å². The number of hydrogen-bond donors (Lipinski definition) is 0. The third-order valence-electron chi connectivity index (χ3n) is 4.08. The van der Waals surface area contributed by atoms with E-state index in [1.165, 1.54) is 11.1 Å². The van der Waals surface area contributed by atoms with E-state index in [0.29, 0.717) is 0 Å². The van der Waals surface area contributed by atoms with E-state index in [1.54, 1.807) is 7.11 Å². The molecule has 1 nitrogen and oxygen atoms in total. The minimum absolute atomic E-state index is 0.731. The molecule has 0 atom stereocenters. The Balaban J connectivity index is 1.96. The lowest BCUT2D eigenvalue weighted by Gasteiger charge is -2.15. The zero-order valence-corrected chi connectivity index (χ0v) is 14.4. The van der Waals surface area contributed by atoms with Crippen molar-refractivity contribution in [2.24, 2.45) is 0 Å². The molecule has 24 heavy (non-hydrogen) atoms. The second-order valence-electron chi connectivity index (χ2n) is 5.64. The molecule has 0 unspecified atom stereocenters. The molecule has 0 saturated heterocycles. The van der Waals surface area contributed by atoms with E-state index in [2.05, 4.69) is 36.9 Å². The Morgan fingerprint density at radius 1 is 0.917 bits per heavy atom. The van der Waals surface area contributed by atoms with Gasteiger partial charge < -0.3 is 4.74 Å². The van der Waals surface area contributed by atoms with Crippen molar-refractivity contribution in [2.45, 2.75) is 6.42 Å². The van der Waals surface area contributed by atoms with Gasteiger partial charge in [-0.25, -0.2) is 0 Å². The molecule has 0 aliphatic heterocycles. The molecule has 0 heterocycles. The zero-order valence-electron chi connectivity index (χ0n) is 13.6. The summed E-state index contributed by atoms with van der Waals surface area (Å²) >= 11 is 6.51. The summed E-state index contributed by atoms with van der Waals surface area (Å²) < 4.78 is 5.22. The molecule has 0 aliphatic rings. The average Bonchev–Trinajstić information content (AvgIpc) is 2.63. The van der Waals surface area contributed by atoms with E-state index in [4.69, 9.17) is 16.3 Å². The summed E-state index contributed by atoms with van der Waals surface area (Å²) in [5, 5.41) is 0.731. The first kappa shape index (κ1) is 16.4. The van der Waals surface area contributed by atoms with Crippen molar-refractivity contribution < 1.29 is 4.74 Å². The van der Waals surface area contributed by atoms with Crippen LogP contribution in [0.25, 0.3) is 5.57 Å². The monoisotopic (exact) mass is 334 g/mol. The maximum atomic E-state index is 6.51. The summed E-state index contributed by atoms with van der Waals surface area (Å²) in [6.07, 6.45) is 0.797. The van der Waals surface area contributed by atoms with E-state index in [9.17, 15) is 0 Å². The summed E-state index contributed by atoms with van der Waals surface area (Å²) in [5.74, 6) is 0.860. The smallest absolute Gasteiger partial charge is 0.118 e. The molecule has 2 heteroatoms. The fourth-order valence-corrected chi connectivity index (χ4v) is 3.11. The lowest BCUT2D eigenvalue weighted by molar-refractivity contribution is 0.414. The van der Waals surface area contributed by atoms with Gasteiger partial charge in [-0.15, -0.1) is 0 Å². The normalized spacial score (nSPS) is 10.4. The second kappa shape index (κ2) is 7.37. The van der Waals surface area contributed by atoms with E-state index in [0.717, 1.165) is 33.9 Å². The highest BCUT2D eigenvalue weighted by atomic mass is 35.5. The number of hydrogen-bond acceptors (Lipinski definition) is 1. The quantitative estimate of drug-likeness (QED) is 0.556. The van der Waals surface area contributed by atoms with Crippen LogP contribution in [0.1, 0.15) is 22.3 Å². The van der Waals surface area contributed by atoms with Crippen molar-refractivity contribution >= 4 is 17.2 Å². The van der Waals surface area contributed by atoms with E-state index < -0.39 is 0 Å². The third kappa shape index (κ3) is 3.52. The van der Waals surface area contributed by atoms with Gasteiger partial charge in [-0.05, 0) is 46.9 Å². The number of benzene rings is 3. The van der Waals surface area contributed by atoms with Gasteiger partial charge in [0.15, 0.2) is 0 Å². The maximum Gasteiger partial charge on any atom is 0.118 e. The molecular weight excluding hydrogens is 316 g/mol. The summed E-state index contributed by atoms with van der Waals surface area (Å²) in [6.45, 7) is 4.28. The van der Waals surface area contributed by atoms with Gasteiger partial charge >= 0.3 is 0 Å². The Bertz CT molecular complexity index is 836. The van der Waals surface area contributed by atoms with Crippen molar-refractivity contribution in [2.75, 3.05) is 7.11 Å². The average molecular weight is 335 g/mol. The van der Waals surface area contributed by atoms with E-state index in [-0.39, 0.29) is 0 Å². The van der Waals surface area contributed by atoms with Gasteiger partial charge in [-0.3, -0.25) is 0 Å². The third-order valence-corrected chi connectivity index (χ3v) is 4.39. The Kier molecular flexibility index (Phi) is 5.02. The minimum Gasteiger partial charge on any atom is -0.497 e. The standard InChI is InChI=1S/C22H19ClO/c1-16(18-7-4-3-5-8-18)22-19(9-6-10-21(22)23)15-17-11-13-20(24-2)14-12-17/h3-14H,1,15H2,2H3. The van der Waals surface area contributed by atoms with Crippen LogP contribution < -0.4 is 4.74 Å². The Hall–Kier alpha value is -2.51. The van der Waals surface area contributed by atoms with E-state index in [1.807, 2.05) is 42.5 Å². The first-order valence-corrected chi connectivity index (χ1v) is 8.22. The second-order valence-corrected chi connectivity index (χ2v) is 6.05. The van der Waals surface area contributed by atoms with Crippen LogP contribution >= 0.6 is 11.6 Å². The molecule has 3 rings (SSSR count). The predicted octanol–water partition coefficient (Wildman–Crippen LogP) is 6.00. The van der Waals surface area contributed by atoms with Crippen LogP contribution in [0, 0.1) is 0 Å². The predicted molar refractivity (Wildman–Crippen MR) is 102 cm³/mol. The molecule has 0 radical (unpaired) electrons. The first-order valence-electron chi connectivity index (χ1n) is 7.84. The van der Waals surface area contributed by atoms with Crippen LogP contribution in [0.2, 0.25) is 5.02 Å². The molecular formula is C22H19ClO. The lowest BCUT2D eigenvalue weighted by Crippen LogP contribution is -1.97. The molecule has 3 aromatic rings. The van der Waals surface area contributed by atoms with Crippen LogP contribution in [-0.2, 0) is 6.42 Å². The molecule has 0 amide bonds. The summed E-state index contributed by atoms with van der Waals surface area (Å²) in [4.78, 5) is 0. The largest absolute Gasteiger partial charge is 0.497 e. The highest BCUT2D eigenvalue weighted by molar-refractivity contribution is 6.32. The topological polar surface area (TPSA) is 9.23 Å². The number of rotatable bonds is 5. The molecule has 0 bridgehead atoms. The molecule has 0 N–H and O–H groups in total. The SMILES string of the molecule is C=C(c1ccccc1)c1c(Cl)cccc1Cc1ccc(OC)cc1. The van der Waals surface area contributed by atoms with Gasteiger partial charge in [0, 0.05) is 10.6 Å². The van der Waals surface area contributed by atoms with Gasteiger partial charge in [0.2, 0.25) is 0 Å². The van der Waals surface area contributed by atoms with Gasteiger partial charge in [0.25, 0.3) is 0 Å². The number of halogens is 1. The molecule has 120 valence electrons. The molecule has 3 aromatic carbocycles. The van der Waals surface area contributed by atoms with Gasteiger partial charge in [0.05, 0.1) is 7.11 Å². The molecule has 0 fully saturated rings. The summed E-state index contributed by atoms with van der Waals surface area (Å²) in [6, 6.07) is 24.3. The highest BCUT2D eigenvalue weighted by Gasteiger charge is 2.12. The number of methoxy groups -OCH3 is 1. The van der Waals surface area contributed by atoms with Crippen molar-refractivity contribution in [1.29, 1.82) is 0 Å². The van der Waals surface area contributed by atoms with Gasteiger partial charge in [-0.1, -0.05) is 72.8 Å². The minimum atomic E-state index is 0.731. The van der Waals surface area contributed by atoms with E-state index >= 15 is 0 Å². The van der Waals surface area contributed by atoms with Crippen molar-refractivity contribution in [3.63, 3.8) is 0 Å². The van der Waals surface area contributed by atoms with Crippen LogP contribution in [0.3, 0.4) is 0 Å². The summed E-state index contributed by atoms with van der Waals surface area (Å²) in [7, 11) is 1.67. The number of ether oxygens (including phenoxy) is 1.